The summed E-state index contributed by atoms with van der Waals surface area (Å²) in [6.07, 6.45) is 0. The van der Waals surface area contributed by atoms with Gasteiger partial charge in [-0.25, -0.2) is 0 Å². The van der Waals surface area contributed by atoms with E-state index in [-0.39, 0.29) is 5.69 Å². The molecule has 4 heteroatoms. The van der Waals surface area contributed by atoms with Crippen LogP contribution < -0.4 is 0 Å². The molecule has 0 aliphatic heterocycles. The van der Waals surface area contributed by atoms with Crippen LogP contribution in [0.5, 0.6) is 0 Å². The van der Waals surface area contributed by atoms with Crippen LogP contribution in [-0.2, 0) is 0 Å². The SMILES string of the molecule is Cc1cc([N+](=O)[O-])ccc1[S]. The van der Waals surface area contributed by atoms with Gasteiger partial charge in [0.05, 0.1) is 4.92 Å². The number of nitro benzene ring substituents is 1. The number of nitro groups is 1. The molecule has 0 amide bonds. The lowest BCUT2D eigenvalue weighted by atomic mass is 10.2. The van der Waals surface area contributed by atoms with Gasteiger partial charge in [-0.15, -0.1) is 0 Å². The van der Waals surface area contributed by atoms with E-state index in [4.69, 9.17) is 12.6 Å². The second-order valence-corrected chi connectivity index (χ2v) is 2.65. The van der Waals surface area contributed by atoms with Crippen molar-refractivity contribution >= 4 is 18.3 Å². The Hall–Kier alpha value is -1.16. The average Bonchev–Trinajstić information content (AvgIpc) is 1.94. The summed E-state index contributed by atoms with van der Waals surface area (Å²) in [4.78, 5) is 10.5. The van der Waals surface area contributed by atoms with Gasteiger partial charge in [0.15, 0.2) is 0 Å². The fraction of sp³-hybridized carbons (Fsp3) is 0.143. The quantitative estimate of drug-likeness (QED) is 0.477. The number of nitrogens with zero attached hydrogens (tertiary/aromatic N) is 1. The molecule has 1 radical (unpaired) electrons. The van der Waals surface area contributed by atoms with E-state index >= 15 is 0 Å². The largest absolute Gasteiger partial charge is 0.269 e. The third-order valence-electron chi connectivity index (χ3n) is 1.37. The first-order valence-electron chi connectivity index (χ1n) is 3.03. The molecule has 0 fully saturated rings. The highest BCUT2D eigenvalue weighted by molar-refractivity contribution is 7.80. The Morgan fingerprint density at radius 1 is 1.55 bits per heavy atom. The number of hydrogen-bond donors (Lipinski definition) is 0. The molecule has 0 bridgehead atoms. The minimum Gasteiger partial charge on any atom is -0.258 e. The normalized spacial score (nSPS) is 9.55. The smallest absolute Gasteiger partial charge is 0.258 e. The molecule has 0 N–H and O–H groups in total. The van der Waals surface area contributed by atoms with Crippen LogP contribution in [0.25, 0.3) is 0 Å². The van der Waals surface area contributed by atoms with Crippen molar-refractivity contribution in [1.82, 2.24) is 0 Å². The van der Waals surface area contributed by atoms with E-state index in [9.17, 15) is 10.1 Å². The molecule has 1 aromatic rings. The summed E-state index contributed by atoms with van der Waals surface area (Å²) in [7, 11) is 0. The summed E-state index contributed by atoms with van der Waals surface area (Å²) >= 11 is 4.88. The first-order valence-corrected chi connectivity index (χ1v) is 3.44. The van der Waals surface area contributed by atoms with Crippen LogP contribution in [-0.4, -0.2) is 4.92 Å². The molecule has 57 valence electrons. The van der Waals surface area contributed by atoms with Crippen molar-refractivity contribution in [3.8, 4) is 0 Å². The zero-order valence-electron chi connectivity index (χ0n) is 5.90. The fourth-order valence-electron chi connectivity index (χ4n) is 0.747. The van der Waals surface area contributed by atoms with E-state index in [2.05, 4.69) is 0 Å². The predicted octanol–water partition coefficient (Wildman–Crippen LogP) is 2.46. The number of hydrogen-bond acceptors (Lipinski definition) is 2. The van der Waals surface area contributed by atoms with Crippen LogP contribution in [0.3, 0.4) is 0 Å². The lowest BCUT2D eigenvalue weighted by molar-refractivity contribution is -0.385. The van der Waals surface area contributed by atoms with Crippen LogP contribution in [0.2, 0.25) is 0 Å². The molecule has 0 spiro atoms. The Morgan fingerprint density at radius 3 is 2.64 bits per heavy atom. The molecule has 1 rings (SSSR count). The third kappa shape index (κ3) is 1.65. The van der Waals surface area contributed by atoms with Crippen molar-refractivity contribution in [2.45, 2.75) is 11.8 Å². The zero-order valence-corrected chi connectivity index (χ0v) is 6.72. The van der Waals surface area contributed by atoms with Crippen LogP contribution in [0.4, 0.5) is 5.69 Å². The van der Waals surface area contributed by atoms with Gasteiger partial charge in [-0.05, 0) is 18.6 Å². The Kier molecular flexibility index (Phi) is 2.05. The number of benzene rings is 1. The minimum absolute atomic E-state index is 0.0936. The summed E-state index contributed by atoms with van der Waals surface area (Å²) in [6, 6.07) is 4.46. The highest BCUT2D eigenvalue weighted by Gasteiger charge is 2.05. The van der Waals surface area contributed by atoms with Gasteiger partial charge in [-0.1, -0.05) is 12.6 Å². The van der Waals surface area contributed by atoms with Crippen molar-refractivity contribution in [2.24, 2.45) is 0 Å². The topological polar surface area (TPSA) is 43.1 Å². The number of aryl methyl sites for hydroxylation is 1. The molecule has 0 unspecified atom stereocenters. The molecule has 0 saturated heterocycles. The van der Waals surface area contributed by atoms with Crippen molar-refractivity contribution in [2.75, 3.05) is 0 Å². The second kappa shape index (κ2) is 2.84. The van der Waals surface area contributed by atoms with E-state index in [1.165, 1.54) is 12.1 Å². The fourth-order valence-corrected chi connectivity index (χ4v) is 0.874. The van der Waals surface area contributed by atoms with E-state index in [0.29, 0.717) is 4.90 Å². The second-order valence-electron chi connectivity index (χ2n) is 2.21. The summed E-state index contributed by atoms with van der Waals surface area (Å²) < 4.78 is 0. The highest BCUT2D eigenvalue weighted by atomic mass is 32.1. The Balaban J connectivity index is 3.15. The maximum Gasteiger partial charge on any atom is 0.269 e. The van der Waals surface area contributed by atoms with Crippen LogP contribution in [0.1, 0.15) is 5.56 Å². The summed E-state index contributed by atoms with van der Waals surface area (Å²) in [6.45, 7) is 1.76. The van der Waals surface area contributed by atoms with Gasteiger partial charge in [-0.2, -0.15) is 0 Å². The first kappa shape index (κ1) is 7.94. The van der Waals surface area contributed by atoms with Gasteiger partial charge in [0.2, 0.25) is 0 Å². The van der Waals surface area contributed by atoms with Crippen molar-refractivity contribution < 1.29 is 4.92 Å². The molecular weight excluding hydrogens is 162 g/mol. The average molecular weight is 168 g/mol. The Morgan fingerprint density at radius 2 is 2.18 bits per heavy atom. The maximum absolute atomic E-state index is 10.2. The number of rotatable bonds is 1. The van der Waals surface area contributed by atoms with E-state index < -0.39 is 4.92 Å². The van der Waals surface area contributed by atoms with Crippen LogP contribution in [0.15, 0.2) is 23.1 Å². The van der Waals surface area contributed by atoms with Gasteiger partial charge < -0.3 is 0 Å². The van der Waals surface area contributed by atoms with Crippen LogP contribution >= 0.6 is 12.6 Å². The maximum atomic E-state index is 10.2. The molecule has 0 saturated carbocycles. The van der Waals surface area contributed by atoms with Crippen LogP contribution in [0, 0.1) is 17.0 Å². The molecule has 0 aliphatic carbocycles. The Labute approximate surface area is 69.6 Å². The van der Waals surface area contributed by atoms with Crippen molar-refractivity contribution in [3.05, 3.63) is 33.9 Å². The van der Waals surface area contributed by atoms with Crippen molar-refractivity contribution in [1.29, 1.82) is 0 Å². The van der Waals surface area contributed by atoms with Gasteiger partial charge in [0.25, 0.3) is 5.69 Å². The van der Waals surface area contributed by atoms with Gasteiger partial charge in [-0.3, -0.25) is 10.1 Å². The summed E-state index contributed by atoms with van der Waals surface area (Å²) in [5.74, 6) is 0. The molecular formula is C7H6NO2S. The molecule has 0 heterocycles. The molecule has 11 heavy (non-hydrogen) atoms. The monoisotopic (exact) mass is 168 g/mol. The summed E-state index contributed by atoms with van der Waals surface area (Å²) in [5.41, 5.74) is 0.866. The summed E-state index contributed by atoms with van der Waals surface area (Å²) in [5, 5.41) is 10.2. The molecule has 0 aliphatic rings. The number of non-ortho nitro benzene ring substituents is 1. The predicted molar refractivity (Wildman–Crippen MR) is 43.7 cm³/mol. The van der Waals surface area contributed by atoms with Gasteiger partial charge in [0.1, 0.15) is 0 Å². The highest BCUT2D eigenvalue weighted by Crippen LogP contribution is 2.18. The Bertz CT molecular complexity index is 298. The van der Waals surface area contributed by atoms with Gasteiger partial charge in [0, 0.05) is 17.0 Å². The standard InChI is InChI=1S/C7H6NO2S/c1-5-4-6(8(9)10)2-3-7(5)11/h2-4H,1H3. The zero-order chi connectivity index (χ0) is 8.43. The van der Waals surface area contributed by atoms with Crippen molar-refractivity contribution in [3.63, 3.8) is 0 Å². The molecule has 0 aromatic heterocycles. The first-order chi connectivity index (χ1) is 5.11. The van der Waals surface area contributed by atoms with Gasteiger partial charge >= 0.3 is 0 Å². The third-order valence-corrected chi connectivity index (χ3v) is 1.83. The lowest BCUT2D eigenvalue weighted by Crippen LogP contribution is -1.88. The molecule has 0 atom stereocenters. The van der Waals surface area contributed by atoms with E-state index in [1.54, 1.807) is 13.0 Å². The van der Waals surface area contributed by atoms with E-state index in [0.717, 1.165) is 5.56 Å². The minimum atomic E-state index is -0.429. The lowest BCUT2D eigenvalue weighted by Gasteiger charge is -1.95. The van der Waals surface area contributed by atoms with E-state index in [1.807, 2.05) is 0 Å². The molecule has 1 aromatic carbocycles. The molecule has 3 nitrogen and oxygen atoms in total.